The molecule has 2 fully saturated rings. The Hall–Kier alpha value is -1.34. The zero-order valence-corrected chi connectivity index (χ0v) is 15.3. The third kappa shape index (κ3) is 3.83. The molecule has 3 rings (SSSR count). The smallest absolute Gasteiger partial charge is 0.232 e. The maximum atomic E-state index is 12.4. The molecule has 1 aromatic rings. The minimum atomic E-state index is -3.34. The highest BCUT2D eigenvalue weighted by Crippen LogP contribution is 2.33. The molecule has 2 saturated heterocycles. The molecule has 0 saturated carbocycles. The monoisotopic (exact) mass is 353 g/mol. The SMILES string of the molecule is COc1ccc(N(C[C@@H]2CCCN3CCCC[C@H]23)S(C)(=O)=O)cn1. The summed E-state index contributed by atoms with van der Waals surface area (Å²) in [7, 11) is -1.79. The van der Waals surface area contributed by atoms with Crippen molar-refractivity contribution in [2.75, 3.05) is 37.3 Å². The highest BCUT2D eigenvalue weighted by molar-refractivity contribution is 7.92. The van der Waals surface area contributed by atoms with Gasteiger partial charge in [-0.2, -0.15) is 0 Å². The van der Waals surface area contributed by atoms with E-state index in [0.29, 0.717) is 30.1 Å². The second-order valence-electron chi connectivity index (χ2n) is 6.85. The van der Waals surface area contributed by atoms with Gasteiger partial charge < -0.3 is 9.64 Å². The zero-order valence-electron chi connectivity index (χ0n) is 14.5. The molecule has 0 radical (unpaired) electrons. The van der Waals surface area contributed by atoms with Gasteiger partial charge in [0.25, 0.3) is 0 Å². The number of hydrogen-bond acceptors (Lipinski definition) is 5. The molecule has 2 atom stereocenters. The molecule has 134 valence electrons. The van der Waals surface area contributed by atoms with Gasteiger partial charge in [-0.25, -0.2) is 13.4 Å². The van der Waals surface area contributed by atoms with Crippen LogP contribution in [0.1, 0.15) is 32.1 Å². The van der Waals surface area contributed by atoms with Gasteiger partial charge in [0.05, 0.1) is 25.2 Å². The highest BCUT2D eigenvalue weighted by atomic mass is 32.2. The maximum Gasteiger partial charge on any atom is 0.232 e. The Kier molecular flexibility index (Phi) is 5.30. The van der Waals surface area contributed by atoms with Gasteiger partial charge in [0, 0.05) is 18.7 Å². The fraction of sp³-hybridized carbons (Fsp3) is 0.706. The number of nitrogens with zero attached hydrogens (tertiary/aromatic N) is 3. The largest absolute Gasteiger partial charge is 0.481 e. The normalized spacial score (nSPS) is 25.1. The predicted octanol–water partition coefficient (Wildman–Crippen LogP) is 2.12. The summed E-state index contributed by atoms with van der Waals surface area (Å²) in [6, 6.07) is 4.00. The Bertz CT molecular complexity index is 646. The number of ether oxygens (including phenoxy) is 1. The summed E-state index contributed by atoms with van der Waals surface area (Å²) < 4.78 is 31.3. The van der Waals surface area contributed by atoms with E-state index in [1.165, 1.54) is 29.8 Å². The molecule has 3 heterocycles. The lowest BCUT2D eigenvalue weighted by Gasteiger charge is -2.45. The molecule has 0 bridgehead atoms. The Morgan fingerprint density at radius 1 is 1.25 bits per heavy atom. The molecule has 0 amide bonds. The van der Waals surface area contributed by atoms with Crippen LogP contribution in [0.3, 0.4) is 0 Å². The molecule has 24 heavy (non-hydrogen) atoms. The van der Waals surface area contributed by atoms with E-state index in [2.05, 4.69) is 9.88 Å². The van der Waals surface area contributed by atoms with Crippen LogP contribution < -0.4 is 9.04 Å². The van der Waals surface area contributed by atoms with Crippen molar-refractivity contribution >= 4 is 15.7 Å². The van der Waals surface area contributed by atoms with Crippen LogP contribution in [0.25, 0.3) is 0 Å². The van der Waals surface area contributed by atoms with Crippen molar-refractivity contribution in [1.29, 1.82) is 0 Å². The van der Waals surface area contributed by atoms with Gasteiger partial charge in [-0.15, -0.1) is 0 Å². The Balaban J connectivity index is 1.81. The number of sulfonamides is 1. The van der Waals surface area contributed by atoms with Crippen molar-refractivity contribution in [2.24, 2.45) is 5.92 Å². The van der Waals surface area contributed by atoms with Gasteiger partial charge in [0.2, 0.25) is 15.9 Å². The Morgan fingerprint density at radius 3 is 2.71 bits per heavy atom. The number of fused-ring (bicyclic) bond motifs is 1. The molecular formula is C17H27N3O3S. The average molecular weight is 353 g/mol. The molecule has 7 heteroatoms. The van der Waals surface area contributed by atoms with Crippen molar-refractivity contribution < 1.29 is 13.2 Å². The van der Waals surface area contributed by atoms with Gasteiger partial charge in [0.1, 0.15) is 0 Å². The van der Waals surface area contributed by atoms with Crippen LogP contribution in [0.4, 0.5) is 5.69 Å². The number of methoxy groups -OCH3 is 1. The zero-order chi connectivity index (χ0) is 17.2. The van der Waals surface area contributed by atoms with Crippen LogP contribution in [-0.2, 0) is 10.0 Å². The Morgan fingerprint density at radius 2 is 2.04 bits per heavy atom. The summed E-state index contributed by atoms with van der Waals surface area (Å²) in [4.78, 5) is 6.73. The van der Waals surface area contributed by atoms with Crippen LogP contribution in [0.15, 0.2) is 18.3 Å². The average Bonchev–Trinajstić information content (AvgIpc) is 2.59. The fourth-order valence-electron chi connectivity index (χ4n) is 4.08. The van der Waals surface area contributed by atoms with Crippen molar-refractivity contribution in [3.05, 3.63) is 18.3 Å². The number of aromatic nitrogens is 1. The fourth-order valence-corrected chi connectivity index (χ4v) is 5.03. The lowest BCUT2D eigenvalue weighted by molar-refractivity contribution is 0.0636. The lowest BCUT2D eigenvalue weighted by Crippen LogP contribution is -2.51. The van der Waals surface area contributed by atoms with Crippen LogP contribution in [0.5, 0.6) is 5.88 Å². The van der Waals surface area contributed by atoms with Crippen LogP contribution in [0, 0.1) is 5.92 Å². The predicted molar refractivity (Wildman–Crippen MR) is 94.9 cm³/mol. The van der Waals surface area contributed by atoms with E-state index < -0.39 is 10.0 Å². The first-order valence-corrected chi connectivity index (χ1v) is 10.6. The van der Waals surface area contributed by atoms with Gasteiger partial charge in [-0.3, -0.25) is 4.31 Å². The maximum absolute atomic E-state index is 12.4. The van der Waals surface area contributed by atoms with E-state index in [1.807, 2.05) is 0 Å². The van der Waals surface area contributed by atoms with Crippen molar-refractivity contribution in [2.45, 2.75) is 38.1 Å². The van der Waals surface area contributed by atoms with Gasteiger partial charge in [-0.1, -0.05) is 6.42 Å². The van der Waals surface area contributed by atoms with Crippen molar-refractivity contribution in [1.82, 2.24) is 9.88 Å². The molecule has 2 aliphatic heterocycles. The molecule has 2 aliphatic rings. The molecule has 0 spiro atoms. The first-order chi connectivity index (χ1) is 11.5. The molecular weight excluding hydrogens is 326 g/mol. The van der Waals surface area contributed by atoms with Gasteiger partial charge in [-0.05, 0) is 50.8 Å². The van der Waals surface area contributed by atoms with Gasteiger partial charge >= 0.3 is 0 Å². The summed E-state index contributed by atoms with van der Waals surface area (Å²) >= 11 is 0. The first-order valence-electron chi connectivity index (χ1n) is 8.71. The van der Waals surface area contributed by atoms with Crippen LogP contribution in [0.2, 0.25) is 0 Å². The highest BCUT2D eigenvalue weighted by Gasteiger charge is 2.35. The molecule has 6 nitrogen and oxygen atoms in total. The molecule has 0 unspecified atom stereocenters. The van der Waals surface area contributed by atoms with E-state index in [9.17, 15) is 8.42 Å². The summed E-state index contributed by atoms with van der Waals surface area (Å²) in [5.74, 6) is 0.874. The first kappa shape index (κ1) is 17.5. The van der Waals surface area contributed by atoms with E-state index >= 15 is 0 Å². The Labute approximate surface area is 144 Å². The number of anilines is 1. The van der Waals surface area contributed by atoms with E-state index in [4.69, 9.17) is 4.74 Å². The van der Waals surface area contributed by atoms with E-state index in [-0.39, 0.29) is 0 Å². The summed E-state index contributed by atoms with van der Waals surface area (Å²) in [5, 5.41) is 0. The molecule has 0 aromatic carbocycles. The summed E-state index contributed by atoms with van der Waals surface area (Å²) in [6.45, 7) is 2.85. The second-order valence-corrected chi connectivity index (χ2v) is 8.76. The van der Waals surface area contributed by atoms with Crippen LogP contribution in [-0.4, -0.2) is 57.3 Å². The standard InChI is InChI=1S/C17H27N3O3S/c1-23-17-9-8-15(12-18-17)20(24(2,21)22)13-14-6-5-11-19-10-4-3-7-16(14)19/h8-9,12,14,16H,3-7,10-11,13H2,1-2H3/t14-,16+/m0/s1. The number of hydrogen-bond donors (Lipinski definition) is 0. The van der Waals surface area contributed by atoms with Gasteiger partial charge in [0.15, 0.2) is 0 Å². The van der Waals surface area contributed by atoms with E-state index in [0.717, 1.165) is 25.9 Å². The quantitative estimate of drug-likeness (QED) is 0.811. The molecule has 1 aromatic heterocycles. The lowest BCUT2D eigenvalue weighted by atomic mass is 9.83. The minimum absolute atomic E-state index is 0.385. The topological polar surface area (TPSA) is 62.7 Å². The third-order valence-electron chi connectivity index (χ3n) is 5.25. The number of piperidine rings is 2. The van der Waals surface area contributed by atoms with Crippen molar-refractivity contribution in [3.63, 3.8) is 0 Å². The van der Waals surface area contributed by atoms with Crippen LogP contribution >= 0.6 is 0 Å². The summed E-state index contributed by atoms with van der Waals surface area (Å²) in [6.07, 6.45) is 8.81. The third-order valence-corrected chi connectivity index (χ3v) is 6.41. The van der Waals surface area contributed by atoms with E-state index in [1.54, 1.807) is 25.4 Å². The summed E-state index contributed by atoms with van der Waals surface area (Å²) in [5.41, 5.74) is 0.617. The molecule has 0 N–H and O–H groups in total. The second kappa shape index (κ2) is 7.27. The minimum Gasteiger partial charge on any atom is -0.481 e. The number of rotatable bonds is 5. The van der Waals surface area contributed by atoms with Crippen molar-refractivity contribution in [3.8, 4) is 5.88 Å². The molecule has 0 aliphatic carbocycles. The number of pyridine rings is 1.